The number of rotatable bonds is 3. The van der Waals surface area contributed by atoms with E-state index in [0.29, 0.717) is 18.4 Å². The minimum atomic E-state index is -3.55. The molecule has 1 heterocycles. The van der Waals surface area contributed by atoms with Crippen LogP contribution in [0.3, 0.4) is 0 Å². The number of nitro groups is 1. The third-order valence-electron chi connectivity index (χ3n) is 3.59. The van der Waals surface area contributed by atoms with Gasteiger partial charge in [0.1, 0.15) is 0 Å². The van der Waals surface area contributed by atoms with E-state index < -0.39 is 20.0 Å². The van der Waals surface area contributed by atoms with E-state index in [1.807, 2.05) is 7.05 Å². The molecule has 0 bridgehead atoms. The van der Waals surface area contributed by atoms with Gasteiger partial charge in [0.25, 0.3) is 5.69 Å². The number of aryl methyl sites for hydroxylation is 1. The molecule has 1 aromatic carbocycles. The lowest BCUT2D eigenvalue weighted by Gasteiger charge is -2.28. The first-order valence-electron chi connectivity index (χ1n) is 6.41. The van der Waals surface area contributed by atoms with Crippen LogP contribution >= 0.6 is 0 Å². The monoisotopic (exact) mass is 297 g/mol. The Kier molecular flexibility index (Phi) is 4.10. The van der Waals surface area contributed by atoms with E-state index in [1.54, 1.807) is 6.92 Å². The van der Waals surface area contributed by atoms with E-state index >= 15 is 0 Å². The normalized spacial score (nSPS) is 18.1. The highest BCUT2D eigenvalue weighted by molar-refractivity contribution is 7.92. The number of likely N-dealkylation sites (tertiary alicyclic amines) is 1. The molecular weight excluding hydrogens is 280 g/mol. The molecule has 7 heteroatoms. The maximum Gasteiger partial charge on any atom is 0.271 e. The van der Waals surface area contributed by atoms with Crippen LogP contribution in [-0.4, -0.2) is 43.6 Å². The van der Waals surface area contributed by atoms with Crippen molar-refractivity contribution < 1.29 is 13.3 Å². The minimum absolute atomic E-state index is 0.0567. The summed E-state index contributed by atoms with van der Waals surface area (Å²) in [5.74, 6) is 0. The Labute approximate surface area is 118 Å². The SMILES string of the molecule is Cc1[c]c(S(=O)(=O)C2CCN(C)CC2)cc([N+](=O)[O-])c1. The molecule has 20 heavy (non-hydrogen) atoms. The summed E-state index contributed by atoms with van der Waals surface area (Å²) in [4.78, 5) is 12.3. The summed E-state index contributed by atoms with van der Waals surface area (Å²) in [6.45, 7) is 3.05. The molecule has 0 spiro atoms. The quantitative estimate of drug-likeness (QED) is 0.625. The fourth-order valence-electron chi connectivity index (χ4n) is 2.40. The van der Waals surface area contributed by atoms with E-state index in [4.69, 9.17) is 0 Å². The standard InChI is InChI=1S/C13H17N2O4S/c1-10-7-11(15(16)17)9-13(8-10)20(18,19)12-3-5-14(2)6-4-12/h7,9,12H,3-6H2,1-2H3. The first-order chi connectivity index (χ1) is 9.30. The van der Waals surface area contributed by atoms with Gasteiger partial charge >= 0.3 is 0 Å². The molecule has 109 valence electrons. The van der Waals surface area contributed by atoms with Crippen LogP contribution in [-0.2, 0) is 9.84 Å². The fraction of sp³-hybridized carbons (Fsp3) is 0.538. The minimum Gasteiger partial charge on any atom is -0.306 e. The molecular formula is C13H17N2O4S. The van der Waals surface area contributed by atoms with Crippen molar-refractivity contribution in [2.75, 3.05) is 20.1 Å². The highest BCUT2D eigenvalue weighted by Crippen LogP contribution is 2.27. The molecule has 0 amide bonds. The van der Waals surface area contributed by atoms with Crippen molar-refractivity contribution >= 4 is 15.5 Å². The lowest BCUT2D eigenvalue weighted by molar-refractivity contribution is -0.385. The average Bonchev–Trinajstić information content (AvgIpc) is 2.38. The van der Waals surface area contributed by atoms with Crippen LogP contribution in [0.4, 0.5) is 5.69 Å². The summed E-state index contributed by atoms with van der Waals surface area (Å²) in [6, 6.07) is 5.18. The van der Waals surface area contributed by atoms with Crippen LogP contribution in [0.2, 0.25) is 0 Å². The summed E-state index contributed by atoms with van der Waals surface area (Å²) in [5, 5.41) is 10.4. The highest BCUT2D eigenvalue weighted by atomic mass is 32.2. The topological polar surface area (TPSA) is 80.5 Å². The zero-order valence-corrected chi connectivity index (χ0v) is 12.3. The van der Waals surface area contributed by atoms with Gasteiger partial charge in [0.2, 0.25) is 0 Å². The second-order valence-corrected chi connectivity index (χ2v) is 7.39. The predicted octanol–water partition coefficient (Wildman–Crippen LogP) is 1.57. The fourth-order valence-corrected chi connectivity index (χ4v) is 4.18. The Morgan fingerprint density at radius 2 is 1.95 bits per heavy atom. The number of non-ortho nitro benzene ring substituents is 1. The number of nitrogens with zero attached hydrogens (tertiary/aromatic N) is 2. The van der Waals surface area contributed by atoms with Crippen molar-refractivity contribution in [3.05, 3.63) is 33.9 Å². The van der Waals surface area contributed by atoms with E-state index in [2.05, 4.69) is 11.0 Å². The Hall–Kier alpha value is -1.47. The van der Waals surface area contributed by atoms with Gasteiger partial charge in [-0.1, -0.05) is 0 Å². The molecule has 0 saturated carbocycles. The summed E-state index contributed by atoms with van der Waals surface area (Å²) < 4.78 is 25.1. The van der Waals surface area contributed by atoms with Crippen LogP contribution in [0.15, 0.2) is 17.0 Å². The van der Waals surface area contributed by atoms with Crippen molar-refractivity contribution in [2.45, 2.75) is 29.9 Å². The third-order valence-corrected chi connectivity index (χ3v) is 5.77. The maximum absolute atomic E-state index is 12.5. The Morgan fingerprint density at radius 3 is 2.50 bits per heavy atom. The molecule has 0 aromatic heterocycles. The Morgan fingerprint density at radius 1 is 1.35 bits per heavy atom. The van der Waals surface area contributed by atoms with Crippen molar-refractivity contribution in [1.82, 2.24) is 4.90 Å². The predicted molar refractivity (Wildman–Crippen MR) is 74.4 cm³/mol. The maximum atomic E-state index is 12.5. The zero-order valence-electron chi connectivity index (χ0n) is 11.5. The first-order valence-corrected chi connectivity index (χ1v) is 7.96. The van der Waals surface area contributed by atoms with E-state index in [0.717, 1.165) is 19.2 Å². The van der Waals surface area contributed by atoms with Gasteiger partial charge in [0.05, 0.1) is 15.1 Å². The molecule has 1 aliphatic rings. The molecule has 0 atom stereocenters. The van der Waals surface area contributed by atoms with Crippen LogP contribution in [0.1, 0.15) is 18.4 Å². The number of piperidine rings is 1. The van der Waals surface area contributed by atoms with Crippen LogP contribution < -0.4 is 0 Å². The summed E-state index contributed by atoms with van der Waals surface area (Å²) in [6.07, 6.45) is 1.10. The number of hydrogen-bond acceptors (Lipinski definition) is 5. The van der Waals surface area contributed by atoms with Gasteiger partial charge in [-0.15, -0.1) is 0 Å². The van der Waals surface area contributed by atoms with Gasteiger partial charge in [-0.25, -0.2) is 8.42 Å². The largest absolute Gasteiger partial charge is 0.306 e. The van der Waals surface area contributed by atoms with Gasteiger partial charge in [-0.2, -0.15) is 0 Å². The van der Waals surface area contributed by atoms with E-state index in [9.17, 15) is 18.5 Å². The van der Waals surface area contributed by atoms with Crippen molar-refractivity contribution in [2.24, 2.45) is 0 Å². The molecule has 1 fully saturated rings. The van der Waals surface area contributed by atoms with Crippen molar-refractivity contribution in [3.63, 3.8) is 0 Å². The number of hydrogen-bond donors (Lipinski definition) is 0. The van der Waals surface area contributed by atoms with Gasteiger partial charge < -0.3 is 4.90 Å². The first kappa shape index (κ1) is 14.9. The second kappa shape index (κ2) is 5.49. The summed E-state index contributed by atoms with van der Waals surface area (Å²) in [5.41, 5.74) is 0.262. The second-order valence-electron chi connectivity index (χ2n) is 5.19. The van der Waals surface area contributed by atoms with Gasteiger partial charge in [0, 0.05) is 18.2 Å². The molecule has 1 radical (unpaired) electrons. The Bertz CT molecular complexity index is 619. The smallest absolute Gasteiger partial charge is 0.271 e. The van der Waals surface area contributed by atoms with Crippen LogP contribution in [0.25, 0.3) is 0 Å². The summed E-state index contributed by atoms with van der Waals surface area (Å²) in [7, 11) is -1.60. The van der Waals surface area contributed by atoms with Crippen LogP contribution in [0.5, 0.6) is 0 Å². The van der Waals surface area contributed by atoms with Gasteiger partial charge in [0.15, 0.2) is 9.84 Å². The number of benzene rings is 1. The molecule has 2 rings (SSSR count). The van der Waals surface area contributed by atoms with E-state index in [1.165, 1.54) is 6.07 Å². The molecule has 6 nitrogen and oxygen atoms in total. The average molecular weight is 297 g/mol. The number of sulfone groups is 1. The third kappa shape index (κ3) is 2.99. The highest BCUT2D eigenvalue weighted by Gasteiger charge is 2.31. The Balaban J connectivity index is 2.36. The lowest BCUT2D eigenvalue weighted by Crippen LogP contribution is -2.37. The van der Waals surface area contributed by atoms with E-state index in [-0.39, 0.29) is 10.6 Å². The molecule has 0 aliphatic carbocycles. The zero-order chi connectivity index (χ0) is 14.9. The number of nitro benzene ring substituents is 1. The molecule has 0 N–H and O–H groups in total. The summed E-state index contributed by atoms with van der Waals surface area (Å²) >= 11 is 0. The van der Waals surface area contributed by atoms with Crippen molar-refractivity contribution in [1.29, 1.82) is 0 Å². The molecule has 1 aromatic rings. The van der Waals surface area contributed by atoms with Crippen LogP contribution in [0, 0.1) is 23.1 Å². The van der Waals surface area contributed by atoms with Crippen molar-refractivity contribution in [3.8, 4) is 0 Å². The molecule has 0 unspecified atom stereocenters. The molecule has 1 aliphatic heterocycles. The lowest BCUT2D eigenvalue weighted by atomic mass is 10.1. The van der Waals surface area contributed by atoms with Gasteiger partial charge in [-0.3, -0.25) is 10.1 Å². The van der Waals surface area contributed by atoms with Gasteiger partial charge in [-0.05, 0) is 45.5 Å². The molecule has 1 saturated heterocycles.